The molecule has 0 saturated carbocycles. The van der Waals surface area contributed by atoms with Crippen molar-refractivity contribution in [3.05, 3.63) is 18.0 Å². The van der Waals surface area contributed by atoms with E-state index in [1.807, 2.05) is 12.1 Å². The smallest absolute Gasteiger partial charge is 0.162 e. The molecule has 1 aromatic carbocycles. The Labute approximate surface area is 134 Å². The van der Waals surface area contributed by atoms with Gasteiger partial charge in [-0.15, -0.1) is 0 Å². The fourth-order valence-electron chi connectivity index (χ4n) is 2.69. The Kier molecular flexibility index (Phi) is 4.23. The van der Waals surface area contributed by atoms with Gasteiger partial charge in [0, 0.05) is 18.6 Å². The fraction of sp³-hybridized carbons (Fsp3) is 0.500. The molecule has 23 heavy (non-hydrogen) atoms. The summed E-state index contributed by atoms with van der Waals surface area (Å²) in [6.07, 6.45) is 0. The second kappa shape index (κ2) is 6.17. The van der Waals surface area contributed by atoms with Crippen molar-refractivity contribution in [2.75, 3.05) is 46.4 Å². The van der Waals surface area contributed by atoms with Crippen molar-refractivity contribution in [1.82, 2.24) is 9.97 Å². The van der Waals surface area contributed by atoms with E-state index in [2.05, 4.69) is 9.97 Å². The SMILES string of the molecule is COCC1(COc2cc3c(N)nc(C)nc3cc2OC)COC1. The summed E-state index contributed by atoms with van der Waals surface area (Å²) in [5.74, 6) is 2.28. The first kappa shape index (κ1) is 15.8. The Hall–Kier alpha value is -2.12. The summed E-state index contributed by atoms with van der Waals surface area (Å²) in [5, 5.41) is 0.747. The predicted octanol–water partition coefficient (Wildman–Crippen LogP) is 1.57. The van der Waals surface area contributed by atoms with Crippen molar-refractivity contribution in [3.8, 4) is 11.5 Å². The quantitative estimate of drug-likeness (QED) is 0.864. The van der Waals surface area contributed by atoms with E-state index >= 15 is 0 Å². The standard InChI is InChI=1S/C16H21N3O4/c1-10-18-12-5-13(21-3)14(4-11(12)15(17)19-10)23-9-16(6-20-2)7-22-8-16/h4-5H,6-9H2,1-3H3,(H2,17,18,19). The summed E-state index contributed by atoms with van der Waals surface area (Å²) >= 11 is 0. The van der Waals surface area contributed by atoms with Crippen molar-refractivity contribution in [2.45, 2.75) is 6.92 Å². The summed E-state index contributed by atoms with van der Waals surface area (Å²) in [7, 11) is 3.28. The number of ether oxygens (including phenoxy) is 4. The van der Waals surface area contributed by atoms with Crippen LogP contribution >= 0.6 is 0 Å². The average molecular weight is 319 g/mol. The van der Waals surface area contributed by atoms with Crippen LogP contribution in [0.4, 0.5) is 5.82 Å². The number of hydrogen-bond acceptors (Lipinski definition) is 7. The predicted molar refractivity (Wildman–Crippen MR) is 85.9 cm³/mol. The number of anilines is 1. The molecule has 1 aliphatic heterocycles. The minimum atomic E-state index is -0.107. The summed E-state index contributed by atoms with van der Waals surface area (Å²) in [4.78, 5) is 8.58. The van der Waals surface area contributed by atoms with Crippen LogP contribution in [0.2, 0.25) is 0 Å². The molecule has 124 valence electrons. The first-order valence-electron chi connectivity index (χ1n) is 7.38. The Balaban J connectivity index is 1.90. The Morgan fingerprint density at radius 1 is 1.17 bits per heavy atom. The van der Waals surface area contributed by atoms with E-state index in [9.17, 15) is 0 Å². The number of nitrogens with two attached hydrogens (primary N) is 1. The molecule has 0 aliphatic carbocycles. The number of nitrogens with zero attached hydrogens (tertiary/aromatic N) is 2. The lowest BCUT2D eigenvalue weighted by Gasteiger charge is -2.40. The largest absolute Gasteiger partial charge is 0.493 e. The van der Waals surface area contributed by atoms with Crippen LogP contribution in [0.1, 0.15) is 5.82 Å². The highest BCUT2D eigenvalue weighted by atomic mass is 16.5. The molecule has 0 atom stereocenters. The minimum absolute atomic E-state index is 0.107. The molecule has 0 bridgehead atoms. The van der Waals surface area contributed by atoms with Crippen molar-refractivity contribution < 1.29 is 18.9 Å². The van der Waals surface area contributed by atoms with Gasteiger partial charge in [-0.05, 0) is 13.0 Å². The van der Waals surface area contributed by atoms with Crippen molar-refractivity contribution >= 4 is 16.7 Å². The van der Waals surface area contributed by atoms with Gasteiger partial charge in [0.05, 0.1) is 37.9 Å². The topological polar surface area (TPSA) is 88.7 Å². The molecule has 0 spiro atoms. The first-order valence-corrected chi connectivity index (χ1v) is 7.38. The molecule has 1 saturated heterocycles. The summed E-state index contributed by atoms with van der Waals surface area (Å²) in [6, 6.07) is 3.64. The number of aryl methyl sites for hydroxylation is 1. The lowest BCUT2D eigenvalue weighted by molar-refractivity contribution is -0.159. The Morgan fingerprint density at radius 3 is 2.57 bits per heavy atom. The van der Waals surface area contributed by atoms with Gasteiger partial charge in [0.1, 0.15) is 18.2 Å². The zero-order valence-corrected chi connectivity index (χ0v) is 13.6. The third-order valence-electron chi connectivity index (χ3n) is 3.92. The summed E-state index contributed by atoms with van der Waals surface area (Å²) < 4.78 is 22.0. The second-order valence-corrected chi connectivity index (χ2v) is 5.89. The number of hydrogen-bond donors (Lipinski definition) is 1. The number of fused-ring (bicyclic) bond motifs is 1. The zero-order valence-electron chi connectivity index (χ0n) is 13.6. The van der Waals surface area contributed by atoms with E-state index in [0.29, 0.717) is 49.6 Å². The molecule has 2 heterocycles. The number of rotatable bonds is 6. The highest BCUT2D eigenvalue weighted by Crippen LogP contribution is 2.36. The molecule has 1 fully saturated rings. The van der Waals surface area contributed by atoms with Gasteiger partial charge in [0.15, 0.2) is 11.5 Å². The molecule has 7 heteroatoms. The molecular weight excluding hydrogens is 298 g/mol. The van der Waals surface area contributed by atoms with E-state index in [4.69, 9.17) is 24.7 Å². The molecule has 7 nitrogen and oxygen atoms in total. The Bertz CT molecular complexity index is 716. The number of benzene rings is 1. The number of nitrogen functional groups attached to an aromatic ring is 1. The average Bonchev–Trinajstić information content (AvgIpc) is 2.49. The summed E-state index contributed by atoms with van der Waals surface area (Å²) in [5.41, 5.74) is 6.62. The zero-order chi connectivity index (χ0) is 16.4. The number of aromatic nitrogens is 2. The monoisotopic (exact) mass is 319 g/mol. The molecule has 0 radical (unpaired) electrons. The first-order chi connectivity index (χ1) is 11.1. The van der Waals surface area contributed by atoms with Crippen molar-refractivity contribution in [1.29, 1.82) is 0 Å². The Morgan fingerprint density at radius 2 is 1.96 bits per heavy atom. The van der Waals surface area contributed by atoms with Crippen LogP contribution in [0.15, 0.2) is 12.1 Å². The van der Waals surface area contributed by atoms with Crippen LogP contribution < -0.4 is 15.2 Å². The number of methoxy groups -OCH3 is 2. The van der Waals surface area contributed by atoms with Crippen LogP contribution in [-0.4, -0.2) is 50.6 Å². The van der Waals surface area contributed by atoms with Gasteiger partial charge in [0.2, 0.25) is 0 Å². The molecular formula is C16H21N3O4. The summed E-state index contributed by atoms with van der Waals surface area (Å²) in [6.45, 7) is 4.13. The van der Waals surface area contributed by atoms with Crippen molar-refractivity contribution in [2.24, 2.45) is 5.41 Å². The normalized spacial score (nSPS) is 16.1. The van der Waals surface area contributed by atoms with Crippen LogP contribution in [0.3, 0.4) is 0 Å². The molecule has 3 rings (SSSR count). The lowest BCUT2D eigenvalue weighted by Crippen LogP contribution is -2.50. The maximum absolute atomic E-state index is 6.00. The van der Waals surface area contributed by atoms with Crippen LogP contribution in [0.5, 0.6) is 11.5 Å². The molecule has 0 amide bonds. The molecule has 1 aromatic heterocycles. The van der Waals surface area contributed by atoms with Gasteiger partial charge < -0.3 is 24.7 Å². The van der Waals surface area contributed by atoms with Gasteiger partial charge in [-0.1, -0.05) is 0 Å². The maximum Gasteiger partial charge on any atom is 0.162 e. The molecule has 0 unspecified atom stereocenters. The maximum atomic E-state index is 6.00. The van der Waals surface area contributed by atoms with Gasteiger partial charge in [0.25, 0.3) is 0 Å². The van der Waals surface area contributed by atoms with E-state index in [1.165, 1.54) is 0 Å². The third-order valence-corrected chi connectivity index (χ3v) is 3.92. The van der Waals surface area contributed by atoms with E-state index in [-0.39, 0.29) is 5.41 Å². The van der Waals surface area contributed by atoms with Crippen LogP contribution in [0, 0.1) is 12.3 Å². The highest BCUT2D eigenvalue weighted by Gasteiger charge is 2.40. The highest BCUT2D eigenvalue weighted by molar-refractivity contribution is 5.90. The van der Waals surface area contributed by atoms with Gasteiger partial charge >= 0.3 is 0 Å². The lowest BCUT2D eigenvalue weighted by atomic mass is 9.88. The fourth-order valence-corrected chi connectivity index (χ4v) is 2.69. The minimum Gasteiger partial charge on any atom is -0.493 e. The van der Waals surface area contributed by atoms with Gasteiger partial charge in [-0.3, -0.25) is 0 Å². The van der Waals surface area contributed by atoms with Crippen LogP contribution in [0.25, 0.3) is 10.9 Å². The van der Waals surface area contributed by atoms with Gasteiger partial charge in [-0.2, -0.15) is 0 Å². The third kappa shape index (κ3) is 3.02. The molecule has 2 aromatic rings. The van der Waals surface area contributed by atoms with Gasteiger partial charge in [-0.25, -0.2) is 9.97 Å². The van der Waals surface area contributed by atoms with E-state index in [1.54, 1.807) is 21.1 Å². The second-order valence-electron chi connectivity index (χ2n) is 5.89. The van der Waals surface area contributed by atoms with Crippen molar-refractivity contribution in [3.63, 3.8) is 0 Å². The molecule has 2 N–H and O–H groups in total. The van der Waals surface area contributed by atoms with E-state index < -0.39 is 0 Å². The van der Waals surface area contributed by atoms with Crippen LogP contribution in [-0.2, 0) is 9.47 Å². The van der Waals surface area contributed by atoms with E-state index in [0.717, 1.165) is 10.9 Å². The molecule has 1 aliphatic rings.